The Morgan fingerprint density at radius 3 is 2.63 bits per heavy atom. The molecule has 0 aliphatic heterocycles. The molecule has 0 saturated carbocycles. The summed E-state index contributed by atoms with van der Waals surface area (Å²) in [7, 11) is 0. The van der Waals surface area contributed by atoms with Gasteiger partial charge in [0.1, 0.15) is 10.7 Å². The number of aromatic nitrogens is 1. The average molecular weight is 415 g/mol. The van der Waals surface area contributed by atoms with Crippen molar-refractivity contribution >= 4 is 40.7 Å². The largest absolute Gasteiger partial charge is 0.351 e. The van der Waals surface area contributed by atoms with Gasteiger partial charge in [0.05, 0.1) is 6.04 Å². The maximum absolute atomic E-state index is 12.6. The number of hydrogen-bond acceptors (Lipinski definition) is 7. The van der Waals surface area contributed by atoms with Crippen molar-refractivity contribution in [1.82, 2.24) is 21.1 Å². The lowest BCUT2D eigenvalue weighted by molar-refractivity contribution is -0.129. The van der Waals surface area contributed by atoms with Crippen molar-refractivity contribution in [1.29, 1.82) is 0 Å². The van der Waals surface area contributed by atoms with Crippen LogP contribution in [0.2, 0.25) is 0 Å². The zero-order chi connectivity index (χ0) is 20.2. The molecule has 1 aromatic rings. The first-order valence-electron chi connectivity index (χ1n) is 9.32. The first kappa shape index (κ1) is 23.6. The summed E-state index contributed by atoms with van der Waals surface area (Å²) in [5, 5.41) is 17.1. The van der Waals surface area contributed by atoms with Gasteiger partial charge in [0.15, 0.2) is 0 Å². The normalized spacial score (nSPS) is 12.0. The summed E-state index contributed by atoms with van der Waals surface area (Å²) in [6.45, 7) is 7.59. The van der Waals surface area contributed by atoms with Crippen molar-refractivity contribution in [2.45, 2.75) is 58.9 Å². The number of nitrogens with one attached hydrogen (secondary N) is 3. The topological polar surface area (TPSA) is 103 Å². The Hall–Kier alpha value is -1.42. The molecule has 9 heteroatoms. The van der Waals surface area contributed by atoms with Crippen LogP contribution >= 0.6 is 23.6 Å². The molecule has 1 aromatic heterocycles. The van der Waals surface area contributed by atoms with Gasteiger partial charge in [-0.15, -0.1) is 11.3 Å². The van der Waals surface area contributed by atoms with Gasteiger partial charge in [-0.05, 0) is 38.1 Å². The molecule has 27 heavy (non-hydrogen) atoms. The van der Waals surface area contributed by atoms with E-state index in [4.69, 9.17) is 17.4 Å². The van der Waals surface area contributed by atoms with Crippen molar-refractivity contribution in [3.8, 4) is 0 Å². The molecule has 0 aromatic carbocycles. The lowest BCUT2D eigenvalue weighted by Gasteiger charge is -2.09. The van der Waals surface area contributed by atoms with Crippen LogP contribution in [-0.4, -0.2) is 40.5 Å². The number of carbonyl (C=O) groups excluding carboxylic acids is 2. The summed E-state index contributed by atoms with van der Waals surface area (Å²) in [6, 6.07) is -0.130. The molecule has 2 amide bonds. The SMILES string of the molecule is CCCNC(C=S)c1nc(C(=O)NCCCCC(=O)NO)c(CC(C)C)s1. The molecule has 0 radical (unpaired) electrons. The third kappa shape index (κ3) is 8.42. The van der Waals surface area contributed by atoms with Crippen LogP contribution in [0.3, 0.4) is 0 Å². The van der Waals surface area contributed by atoms with E-state index >= 15 is 0 Å². The molecule has 152 valence electrons. The molecule has 0 fully saturated rings. The number of carbonyl (C=O) groups is 2. The van der Waals surface area contributed by atoms with Gasteiger partial charge in [-0.3, -0.25) is 14.8 Å². The predicted molar refractivity (Wildman–Crippen MR) is 111 cm³/mol. The van der Waals surface area contributed by atoms with E-state index in [1.165, 1.54) is 11.3 Å². The maximum Gasteiger partial charge on any atom is 0.271 e. The molecule has 1 heterocycles. The summed E-state index contributed by atoms with van der Waals surface area (Å²) in [5.74, 6) is -0.203. The highest BCUT2D eigenvalue weighted by Crippen LogP contribution is 2.26. The second-order valence-corrected chi connectivity index (χ2v) is 8.13. The van der Waals surface area contributed by atoms with E-state index in [-0.39, 0.29) is 18.4 Å². The van der Waals surface area contributed by atoms with Crippen LogP contribution < -0.4 is 16.1 Å². The number of rotatable bonds is 13. The highest BCUT2D eigenvalue weighted by atomic mass is 32.1. The van der Waals surface area contributed by atoms with Crippen molar-refractivity contribution in [2.75, 3.05) is 13.1 Å². The Bertz CT molecular complexity index is 620. The number of nitrogens with zero attached hydrogens (tertiary/aromatic N) is 1. The van der Waals surface area contributed by atoms with Crippen molar-refractivity contribution in [2.24, 2.45) is 5.92 Å². The van der Waals surface area contributed by atoms with Crippen molar-refractivity contribution in [3.63, 3.8) is 0 Å². The van der Waals surface area contributed by atoms with E-state index in [0.29, 0.717) is 31.0 Å². The summed E-state index contributed by atoms with van der Waals surface area (Å²) in [4.78, 5) is 29.1. The predicted octanol–water partition coefficient (Wildman–Crippen LogP) is 2.79. The van der Waals surface area contributed by atoms with Crippen molar-refractivity contribution < 1.29 is 14.8 Å². The van der Waals surface area contributed by atoms with Gasteiger partial charge in [-0.1, -0.05) is 33.0 Å². The van der Waals surface area contributed by atoms with Gasteiger partial charge < -0.3 is 10.6 Å². The molecule has 1 atom stereocenters. The lowest BCUT2D eigenvalue weighted by atomic mass is 10.1. The number of unbranched alkanes of at least 4 members (excludes halogenated alkanes) is 1. The van der Waals surface area contributed by atoms with Gasteiger partial charge in [0.2, 0.25) is 5.91 Å². The fourth-order valence-electron chi connectivity index (χ4n) is 2.44. The van der Waals surface area contributed by atoms with Gasteiger partial charge >= 0.3 is 0 Å². The zero-order valence-corrected chi connectivity index (χ0v) is 17.8. The monoisotopic (exact) mass is 414 g/mol. The molecule has 7 nitrogen and oxygen atoms in total. The summed E-state index contributed by atoms with van der Waals surface area (Å²) < 4.78 is 0. The van der Waals surface area contributed by atoms with Gasteiger partial charge in [-0.25, -0.2) is 10.5 Å². The standard InChI is InChI=1S/C18H30N4O3S2/c1-4-8-19-13(11-26)18-21-16(14(27-18)10-12(2)3)17(24)20-9-6-5-7-15(23)22-25/h11-13,19,25H,4-10H2,1-3H3,(H,20,24)(H,22,23). The summed E-state index contributed by atoms with van der Waals surface area (Å²) >= 11 is 6.67. The summed E-state index contributed by atoms with van der Waals surface area (Å²) in [6.07, 6.45) is 3.24. The highest BCUT2D eigenvalue weighted by molar-refractivity contribution is 7.79. The minimum atomic E-state index is -0.421. The Labute approximate surface area is 170 Å². The van der Waals surface area contributed by atoms with Crippen LogP contribution in [0.15, 0.2) is 0 Å². The van der Waals surface area contributed by atoms with Crippen LogP contribution in [0.1, 0.15) is 72.9 Å². The molecule has 0 bridgehead atoms. The Balaban J connectivity index is 2.76. The molecule has 0 aliphatic rings. The molecule has 4 N–H and O–H groups in total. The molecule has 1 unspecified atom stereocenters. The Morgan fingerprint density at radius 1 is 1.30 bits per heavy atom. The fourth-order valence-corrected chi connectivity index (χ4v) is 4.07. The second kappa shape index (κ2) is 12.9. The smallest absolute Gasteiger partial charge is 0.271 e. The number of amides is 2. The van der Waals surface area contributed by atoms with E-state index in [0.717, 1.165) is 29.3 Å². The number of hydrogen-bond donors (Lipinski definition) is 4. The number of thiocarbonyl (C=S) groups is 1. The third-order valence-corrected chi connectivity index (χ3v) is 5.21. The molecule has 1 rings (SSSR count). The average Bonchev–Trinajstić information content (AvgIpc) is 3.04. The Morgan fingerprint density at radius 2 is 2.04 bits per heavy atom. The number of hydroxylamine groups is 1. The lowest BCUT2D eigenvalue weighted by Crippen LogP contribution is -2.27. The Kier molecular flexibility index (Phi) is 11.3. The van der Waals surface area contributed by atoms with Crippen molar-refractivity contribution in [3.05, 3.63) is 15.6 Å². The van der Waals surface area contributed by atoms with Crippen LogP contribution in [-0.2, 0) is 11.2 Å². The van der Waals surface area contributed by atoms with E-state index in [2.05, 4.69) is 36.4 Å². The summed E-state index contributed by atoms with van der Waals surface area (Å²) in [5.41, 5.74) is 2.07. The van der Waals surface area contributed by atoms with Gasteiger partial charge in [0, 0.05) is 23.2 Å². The van der Waals surface area contributed by atoms with Gasteiger partial charge in [0.25, 0.3) is 5.91 Å². The second-order valence-electron chi connectivity index (χ2n) is 6.74. The highest BCUT2D eigenvalue weighted by Gasteiger charge is 2.22. The zero-order valence-electron chi connectivity index (χ0n) is 16.2. The van der Waals surface area contributed by atoms with E-state index in [9.17, 15) is 9.59 Å². The molecule has 0 spiro atoms. The van der Waals surface area contributed by atoms with E-state index in [1.807, 2.05) is 0 Å². The van der Waals surface area contributed by atoms with E-state index in [1.54, 1.807) is 10.8 Å². The molecule has 0 aliphatic carbocycles. The first-order chi connectivity index (χ1) is 12.9. The van der Waals surface area contributed by atoms with Crippen LogP contribution in [0, 0.1) is 5.92 Å². The van der Waals surface area contributed by atoms with Gasteiger partial charge in [-0.2, -0.15) is 0 Å². The van der Waals surface area contributed by atoms with Crippen LogP contribution in [0.5, 0.6) is 0 Å². The first-order valence-corrected chi connectivity index (χ1v) is 10.6. The third-order valence-electron chi connectivity index (χ3n) is 3.78. The number of thiazole rings is 1. The minimum absolute atomic E-state index is 0.130. The van der Waals surface area contributed by atoms with Crippen LogP contribution in [0.25, 0.3) is 0 Å². The maximum atomic E-state index is 12.6. The van der Waals surface area contributed by atoms with Crippen LogP contribution in [0.4, 0.5) is 0 Å². The van der Waals surface area contributed by atoms with E-state index < -0.39 is 5.91 Å². The molecular formula is C18H30N4O3S2. The molecular weight excluding hydrogens is 384 g/mol. The minimum Gasteiger partial charge on any atom is -0.351 e. The fraction of sp³-hybridized carbons (Fsp3) is 0.667. The quantitative estimate of drug-likeness (QED) is 0.171. The molecule has 0 saturated heterocycles.